The van der Waals surface area contributed by atoms with Crippen LogP contribution in [0.5, 0.6) is 0 Å². The van der Waals surface area contributed by atoms with Crippen LogP contribution in [0.4, 0.5) is 5.69 Å². The van der Waals surface area contributed by atoms with Crippen LogP contribution in [0.2, 0.25) is 0 Å². The first-order valence-corrected chi connectivity index (χ1v) is 8.74. The van der Waals surface area contributed by atoms with E-state index in [4.69, 9.17) is 4.74 Å². The van der Waals surface area contributed by atoms with Crippen LogP contribution >= 0.6 is 0 Å². The number of amides is 2. The van der Waals surface area contributed by atoms with Crippen LogP contribution in [0.3, 0.4) is 0 Å². The molecular formula is C20H17N3O3. The van der Waals surface area contributed by atoms with Gasteiger partial charge in [-0.15, -0.1) is 0 Å². The lowest BCUT2D eigenvalue weighted by atomic mass is 9.69. The Hall–Kier alpha value is -2.78. The zero-order valence-electron chi connectivity index (χ0n) is 14.5. The lowest BCUT2D eigenvalue weighted by molar-refractivity contribution is -0.129. The van der Waals surface area contributed by atoms with Crippen molar-refractivity contribution in [1.82, 2.24) is 4.98 Å². The third kappa shape index (κ3) is 1.66. The van der Waals surface area contributed by atoms with Crippen LogP contribution in [0, 0.1) is 23.2 Å². The molecule has 130 valence electrons. The normalized spacial score (nSPS) is 35.2. The number of fused-ring (bicyclic) bond motifs is 6. The molecule has 0 radical (unpaired) electrons. The topological polar surface area (TPSA) is 83.3 Å². The average molecular weight is 347 g/mol. The lowest BCUT2D eigenvalue weighted by Crippen LogP contribution is -2.40. The number of rotatable bonds is 1. The molecule has 0 aliphatic carbocycles. The lowest BCUT2D eigenvalue weighted by Gasteiger charge is -2.27. The number of aromatic nitrogens is 1. The fourth-order valence-corrected chi connectivity index (χ4v) is 5.17. The summed E-state index contributed by atoms with van der Waals surface area (Å²) in [7, 11) is 0. The van der Waals surface area contributed by atoms with Gasteiger partial charge in [-0.1, -0.05) is 0 Å². The Kier molecular flexibility index (Phi) is 2.79. The molecule has 6 nitrogen and oxygen atoms in total. The molecule has 3 saturated heterocycles. The Morgan fingerprint density at radius 3 is 2.38 bits per heavy atom. The largest absolute Gasteiger partial charge is 0.367 e. The van der Waals surface area contributed by atoms with Gasteiger partial charge in [-0.25, -0.2) is 4.90 Å². The van der Waals surface area contributed by atoms with E-state index in [9.17, 15) is 14.9 Å². The second-order valence-electron chi connectivity index (χ2n) is 7.86. The number of hydrogen-bond acceptors (Lipinski definition) is 5. The molecule has 1 aromatic carbocycles. The van der Waals surface area contributed by atoms with Crippen molar-refractivity contribution >= 4 is 28.3 Å². The molecule has 0 saturated carbocycles. The molecule has 0 N–H and O–H groups in total. The predicted molar refractivity (Wildman–Crippen MR) is 93.1 cm³/mol. The van der Waals surface area contributed by atoms with Crippen molar-refractivity contribution in [3.63, 3.8) is 0 Å². The van der Waals surface area contributed by atoms with Gasteiger partial charge < -0.3 is 4.74 Å². The first-order chi connectivity index (χ1) is 12.4. The van der Waals surface area contributed by atoms with Crippen molar-refractivity contribution in [3.8, 4) is 6.07 Å². The van der Waals surface area contributed by atoms with Gasteiger partial charge in [-0.2, -0.15) is 5.26 Å². The van der Waals surface area contributed by atoms with Crippen molar-refractivity contribution in [2.45, 2.75) is 37.9 Å². The van der Waals surface area contributed by atoms with E-state index in [1.165, 1.54) is 4.90 Å². The molecule has 2 aromatic rings. The Labute approximate surface area is 150 Å². The summed E-state index contributed by atoms with van der Waals surface area (Å²) in [5.74, 6) is -1.29. The summed E-state index contributed by atoms with van der Waals surface area (Å²) in [6.45, 7) is 3.89. The second kappa shape index (κ2) is 4.68. The van der Waals surface area contributed by atoms with Crippen molar-refractivity contribution in [2.75, 3.05) is 4.90 Å². The molecule has 3 aliphatic rings. The van der Waals surface area contributed by atoms with Crippen LogP contribution < -0.4 is 4.90 Å². The van der Waals surface area contributed by atoms with E-state index in [1.807, 2.05) is 13.8 Å². The fourth-order valence-electron chi connectivity index (χ4n) is 5.17. The van der Waals surface area contributed by atoms with E-state index in [1.54, 1.807) is 30.6 Å². The third-order valence-corrected chi connectivity index (χ3v) is 6.36. The van der Waals surface area contributed by atoms with Crippen LogP contribution in [0.15, 0.2) is 30.6 Å². The van der Waals surface area contributed by atoms with E-state index < -0.39 is 23.0 Å². The summed E-state index contributed by atoms with van der Waals surface area (Å²) in [5, 5.41) is 10.7. The maximum Gasteiger partial charge on any atom is 0.240 e. The SMILES string of the molecule is C[C@]12CC[C@](C)(O1)[C@@H]1C(=O)N(c3ccc(C#N)c4cnccc34)C(=O)[C@@H]12. The van der Waals surface area contributed by atoms with E-state index in [2.05, 4.69) is 11.1 Å². The average Bonchev–Trinajstić information content (AvgIpc) is 3.18. The summed E-state index contributed by atoms with van der Waals surface area (Å²) < 4.78 is 6.14. The molecule has 1 aromatic heterocycles. The summed E-state index contributed by atoms with van der Waals surface area (Å²) in [6, 6.07) is 7.21. The second-order valence-corrected chi connectivity index (χ2v) is 7.86. The van der Waals surface area contributed by atoms with Crippen molar-refractivity contribution < 1.29 is 14.3 Å². The zero-order chi connectivity index (χ0) is 18.3. The summed E-state index contributed by atoms with van der Waals surface area (Å²) in [5.41, 5.74) is -0.161. The number of nitrogens with zero attached hydrogens (tertiary/aromatic N) is 3. The minimum Gasteiger partial charge on any atom is -0.367 e. The van der Waals surface area contributed by atoms with Crippen molar-refractivity contribution in [2.24, 2.45) is 11.8 Å². The Bertz CT molecular complexity index is 1010. The number of hydrogen-bond donors (Lipinski definition) is 0. The number of ether oxygens (including phenoxy) is 1. The summed E-state index contributed by atoms with van der Waals surface area (Å²) >= 11 is 0. The molecule has 26 heavy (non-hydrogen) atoms. The Morgan fingerprint density at radius 2 is 1.77 bits per heavy atom. The first-order valence-electron chi connectivity index (χ1n) is 8.74. The number of carbonyl (C=O) groups excluding carboxylic acids is 2. The number of anilines is 1. The van der Waals surface area contributed by atoms with Gasteiger partial charge >= 0.3 is 0 Å². The van der Waals surface area contributed by atoms with Crippen LogP contribution in [-0.4, -0.2) is 28.0 Å². The molecule has 4 heterocycles. The van der Waals surface area contributed by atoms with Crippen LogP contribution in [0.25, 0.3) is 10.8 Å². The van der Waals surface area contributed by atoms with Gasteiger partial charge in [0.15, 0.2) is 0 Å². The van der Waals surface area contributed by atoms with Gasteiger partial charge in [-0.3, -0.25) is 14.6 Å². The van der Waals surface area contributed by atoms with E-state index in [-0.39, 0.29) is 11.8 Å². The number of imide groups is 1. The van der Waals surface area contributed by atoms with Crippen molar-refractivity contribution in [3.05, 3.63) is 36.2 Å². The molecule has 2 amide bonds. The van der Waals surface area contributed by atoms with Gasteiger partial charge in [0.2, 0.25) is 11.8 Å². The minimum absolute atomic E-state index is 0.200. The van der Waals surface area contributed by atoms with E-state index in [0.717, 1.165) is 12.8 Å². The quantitative estimate of drug-likeness (QED) is 0.740. The minimum atomic E-state index is -0.579. The molecule has 3 fully saturated rings. The zero-order valence-corrected chi connectivity index (χ0v) is 14.5. The van der Waals surface area contributed by atoms with Crippen LogP contribution in [-0.2, 0) is 14.3 Å². The molecule has 6 heteroatoms. The van der Waals surface area contributed by atoms with Gasteiger partial charge in [0.05, 0.1) is 40.4 Å². The molecule has 0 spiro atoms. The molecular weight excluding hydrogens is 330 g/mol. The highest BCUT2D eigenvalue weighted by molar-refractivity contribution is 6.26. The van der Waals surface area contributed by atoms with E-state index >= 15 is 0 Å². The Balaban J connectivity index is 1.70. The number of carbonyl (C=O) groups is 2. The van der Waals surface area contributed by atoms with E-state index in [0.29, 0.717) is 22.0 Å². The van der Waals surface area contributed by atoms with Crippen molar-refractivity contribution in [1.29, 1.82) is 5.26 Å². The third-order valence-electron chi connectivity index (χ3n) is 6.36. The predicted octanol–water partition coefficient (Wildman–Crippen LogP) is 2.55. The monoisotopic (exact) mass is 347 g/mol. The standard InChI is InChI=1S/C20H17N3O3/c1-19-6-7-20(2,26-19)16-15(19)17(24)23(18(16)25)14-4-3-11(9-21)13-10-22-8-5-12(13)14/h3-5,8,10,15-16H,6-7H2,1-2H3/t15-,16+,19-,20+. The number of pyridine rings is 1. The fraction of sp³-hybridized carbons (Fsp3) is 0.400. The molecule has 2 bridgehead atoms. The van der Waals surface area contributed by atoms with Gasteiger partial charge in [0, 0.05) is 23.2 Å². The smallest absolute Gasteiger partial charge is 0.240 e. The highest BCUT2D eigenvalue weighted by Crippen LogP contribution is 2.61. The highest BCUT2D eigenvalue weighted by atomic mass is 16.5. The highest BCUT2D eigenvalue weighted by Gasteiger charge is 2.72. The maximum absolute atomic E-state index is 13.3. The maximum atomic E-state index is 13.3. The molecule has 5 rings (SSSR count). The van der Waals surface area contributed by atoms with Gasteiger partial charge in [-0.05, 0) is 44.9 Å². The van der Waals surface area contributed by atoms with Gasteiger partial charge in [0.25, 0.3) is 0 Å². The van der Waals surface area contributed by atoms with Gasteiger partial charge in [0.1, 0.15) is 0 Å². The Morgan fingerprint density at radius 1 is 1.12 bits per heavy atom. The number of nitriles is 1. The first kappa shape index (κ1) is 15.5. The summed E-state index contributed by atoms with van der Waals surface area (Å²) in [6.07, 6.45) is 4.78. The molecule has 0 unspecified atom stereocenters. The molecule has 3 aliphatic heterocycles. The molecule has 4 atom stereocenters. The van der Waals surface area contributed by atoms with Crippen LogP contribution in [0.1, 0.15) is 32.3 Å². The number of benzene rings is 1. The summed E-state index contributed by atoms with van der Waals surface area (Å²) in [4.78, 5) is 31.9.